The number of Topliss-reactive ketones (excluding diaryl/α,β-unsaturated/α-hetero) is 1. The van der Waals surface area contributed by atoms with Gasteiger partial charge in [-0.3, -0.25) is 19.2 Å². The number of carbonyl (C=O) groups excluding carboxylic acids is 5. The van der Waals surface area contributed by atoms with Crippen molar-refractivity contribution >= 4 is 35.4 Å². The Hall–Kier alpha value is -5.54. The molecule has 2 aliphatic rings. The summed E-state index contributed by atoms with van der Waals surface area (Å²) in [6.45, 7) is 32.5. The number of aliphatic hydroxyl groups is 10. The molecule has 102 heavy (non-hydrogen) atoms. The quantitative estimate of drug-likeness (QED) is 0.0217. The van der Waals surface area contributed by atoms with E-state index in [2.05, 4.69) is 22.9 Å². The predicted octanol–water partition coefficient (Wildman–Crippen LogP) is 7.38. The van der Waals surface area contributed by atoms with Crippen LogP contribution in [0.2, 0.25) is 0 Å². The molecular formula is C79H131N3O20. The van der Waals surface area contributed by atoms with Gasteiger partial charge in [-0.2, -0.15) is 0 Å². The second-order valence-corrected chi connectivity index (χ2v) is 31.3. The number of ketones is 1. The number of carbonyl (C=O) groups is 6. The van der Waals surface area contributed by atoms with Gasteiger partial charge in [-0.05, 0) is 139 Å². The van der Waals surface area contributed by atoms with Crippen molar-refractivity contribution in [3.63, 3.8) is 0 Å². The lowest BCUT2D eigenvalue weighted by atomic mass is 9.77. The first-order valence-electron chi connectivity index (χ1n) is 36.6. The summed E-state index contributed by atoms with van der Waals surface area (Å²) in [6.07, 6.45) is 8.19. The summed E-state index contributed by atoms with van der Waals surface area (Å²) >= 11 is 0. The second kappa shape index (κ2) is 43.8. The van der Waals surface area contributed by atoms with E-state index in [1.54, 1.807) is 108 Å². The summed E-state index contributed by atoms with van der Waals surface area (Å²) in [6, 6.07) is -4.46. The molecule has 0 radical (unpaired) electrons. The number of carboxylic acid groups (broad SMARTS) is 1. The minimum atomic E-state index is -2.53. The molecule has 1 fully saturated rings. The smallest absolute Gasteiger partial charge is 0.335 e. The van der Waals surface area contributed by atoms with E-state index in [-0.39, 0.29) is 67.5 Å². The minimum absolute atomic E-state index is 0.00108. The molecule has 0 aromatic heterocycles. The fraction of sp³-hybridized carbons (Fsp3) is 0.722. The molecule has 2 aliphatic heterocycles. The van der Waals surface area contributed by atoms with E-state index in [1.165, 1.54) is 45.1 Å². The number of aliphatic carboxylic acids is 1. The van der Waals surface area contributed by atoms with Crippen molar-refractivity contribution in [3.05, 3.63) is 95.7 Å². The normalized spacial score (nSPS) is 30.4. The highest BCUT2D eigenvalue weighted by molar-refractivity contribution is 5.94. The SMILES string of the molecule is COC1/C=C/C=C\CC/C=C/C=C\C(=O)NC(C(O)C(=O)O)C(=O)OC(C(C)C(O)C(NC(=O)C(C)C(O)CCC(C)C(O)/C(C)=C/C(C)(C)C(O)C(CC(C)C)NC(=O)/C=C/C(C)(C)C(=O)C(C)C(O)C(C)C)C(C)O)C/C=C(\C)C(O)C(C)/C=C(\C)C(O)C(C)C(O)CC2CC(C)CC1O2. The average molecular weight is 1440 g/mol. The Morgan fingerprint density at radius 3 is 1.95 bits per heavy atom. The maximum atomic E-state index is 14.2. The highest BCUT2D eigenvalue weighted by Crippen LogP contribution is 2.35. The maximum Gasteiger partial charge on any atom is 0.335 e. The number of ether oxygens (including phenoxy) is 3. The van der Waals surface area contributed by atoms with Gasteiger partial charge in [0.2, 0.25) is 17.7 Å². The van der Waals surface area contributed by atoms with Crippen LogP contribution in [0, 0.1) is 64.1 Å². The van der Waals surface area contributed by atoms with Gasteiger partial charge in [0.1, 0.15) is 18.0 Å². The third-order valence-electron chi connectivity index (χ3n) is 20.4. The zero-order valence-electron chi connectivity index (χ0n) is 64.5. The third-order valence-corrected chi connectivity index (χ3v) is 20.4. The van der Waals surface area contributed by atoms with E-state index in [0.717, 1.165) is 12.5 Å². The summed E-state index contributed by atoms with van der Waals surface area (Å²) in [7, 11) is 1.61. The highest BCUT2D eigenvalue weighted by Gasteiger charge is 2.43. The summed E-state index contributed by atoms with van der Waals surface area (Å²) in [5.41, 5.74) is -0.795. The third kappa shape index (κ3) is 29.8. The summed E-state index contributed by atoms with van der Waals surface area (Å²) in [5, 5.41) is 132. The molecular weight excluding hydrogens is 1310 g/mol. The summed E-state index contributed by atoms with van der Waals surface area (Å²) in [5.74, 6) is -10.6. The van der Waals surface area contributed by atoms with E-state index in [4.69, 9.17) is 14.2 Å². The zero-order chi connectivity index (χ0) is 78.0. The Labute approximate surface area is 607 Å². The Morgan fingerprint density at radius 2 is 1.38 bits per heavy atom. The fourth-order valence-electron chi connectivity index (χ4n) is 13.4. The topological polar surface area (TPSA) is 389 Å². The molecule has 14 N–H and O–H groups in total. The van der Waals surface area contributed by atoms with Crippen LogP contribution >= 0.6 is 0 Å². The number of rotatable bonds is 27. The number of cyclic esters (lactones) is 1. The molecule has 2 heterocycles. The molecule has 2 bridgehead atoms. The van der Waals surface area contributed by atoms with Crippen LogP contribution in [-0.4, -0.2) is 202 Å². The highest BCUT2D eigenvalue weighted by atomic mass is 16.6. The van der Waals surface area contributed by atoms with Crippen molar-refractivity contribution in [2.45, 2.75) is 293 Å². The molecule has 0 spiro atoms. The number of carboxylic acids is 1. The molecule has 0 aliphatic carbocycles. The van der Waals surface area contributed by atoms with Gasteiger partial charge in [0.15, 0.2) is 12.1 Å². The standard InChI is InChI=1S/C79H131N3O20/c1-43(2)37-57(80-64(87)35-36-78(16,17)73(94)54(14)67(88)44(3)4)74(95)79(18,19)42-50(10)69(90)46(6)31-33-58(84)52(12)75(96)82-65(55(15)83)71(92)53(13)60-34-32-47(7)68(89)48(8)40-49(9)70(91)51(11)59(85)41-56-38-45(5)39-62(101-56)61(100-20)29-27-25-23-21-22-24-26-28-30-63(86)81-66(77(99)102-60)72(93)76(97)98/h23-30,32,35-36,40,42-46,48,51-62,65-72,74,83-85,88-93,95H,21-22,31,33-34,37-39,41H2,1-20H3,(H,80,87)(H,81,86)(H,82,96)(H,97,98)/b25-23-,26-24+,29-27+,30-28-,36-35+,47-32+,49-40+,50-42+. The van der Waals surface area contributed by atoms with E-state index in [9.17, 15) is 84.9 Å². The van der Waals surface area contributed by atoms with Gasteiger partial charge in [-0.1, -0.05) is 157 Å². The first kappa shape index (κ1) is 92.5. The Bertz CT molecular complexity index is 2890. The average Bonchev–Trinajstić information content (AvgIpc) is 0.843. The number of amides is 3. The van der Waals surface area contributed by atoms with Crippen LogP contribution in [0.1, 0.15) is 189 Å². The van der Waals surface area contributed by atoms with E-state index in [1.807, 2.05) is 52.0 Å². The minimum Gasteiger partial charge on any atom is -0.479 e. The number of methoxy groups -OCH3 is 1. The molecule has 24 atom stereocenters. The van der Waals surface area contributed by atoms with Crippen LogP contribution in [-0.2, 0) is 43.0 Å². The lowest BCUT2D eigenvalue weighted by Crippen LogP contribution is -2.57. The van der Waals surface area contributed by atoms with Crippen molar-refractivity contribution in [3.8, 4) is 0 Å². The molecule has 0 saturated carbocycles. The zero-order valence-corrected chi connectivity index (χ0v) is 64.5. The van der Waals surface area contributed by atoms with E-state index >= 15 is 0 Å². The van der Waals surface area contributed by atoms with Crippen molar-refractivity contribution in [2.24, 2.45) is 64.1 Å². The maximum absolute atomic E-state index is 14.2. The number of hydrogen-bond donors (Lipinski definition) is 14. The summed E-state index contributed by atoms with van der Waals surface area (Å²) < 4.78 is 18.2. The molecule has 23 nitrogen and oxygen atoms in total. The van der Waals surface area contributed by atoms with Crippen LogP contribution < -0.4 is 16.0 Å². The van der Waals surface area contributed by atoms with Crippen molar-refractivity contribution in [1.29, 1.82) is 0 Å². The van der Waals surface area contributed by atoms with Crippen molar-refractivity contribution < 1.29 is 99.1 Å². The lowest BCUT2D eigenvalue weighted by molar-refractivity contribution is -0.167. The molecule has 23 heteroatoms. The van der Waals surface area contributed by atoms with E-state index < -0.39 is 161 Å². The lowest BCUT2D eigenvalue weighted by Gasteiger charge is -2.38. The monoisotopic (exact) mass is 1440 g/mol. The Morgan fingerprint density at radius 1 is 0.775 bits per heavy atom. The molecule has 24 unspecified atom stereocenters. The fourth-order valence-corrected chi connectivity index (χ4v) is 13.4. The van der Waals surface area contributed by atoms with Gasteiger partial charge in [0.25, 0.3) is 0 Å². The van der Waals surface area contributed by atoms with Gasteiger partial charge in [0.05, 0.1) is 85.1 Å². The first-order valence-corrected chi connectivity index (χ1v) is 36.6. The van der Waals surface area contributed by atoms with Gasteiger partial charge in [-0.15, -0.1) is 0 Å². The van der Waals surface area contributed by atoms with E-state index in [0.29, 0.717) is 42.4 Å². The predicted molar refractivity (Wildman–Crippen MR) is 393 cm³/mol. The Kier molecular flexibility index (Phi) is 39.7. The number of aliphatic hydroxyl groups excluding tert-OH is 10. The van der Waals surface area contributed by atoms with Gasteiger partial charge >= 0.3 is 11.9 Å². The number of nitrogens with one attached hydrogen (secondary N) is 3. The van der Waals surface area contributed by atoms with Crippen LogP contribution in [0.5, 0.6) is 0 Å². The largest absolute Gasteiger partial charge is 0.479 e. The number of esters is 1. The van der Waals surface area contributed by atoms with Gasteiger partial charge in [-0.25, -0.2) is 9.59 Å². The molecule has 582 valence electrons. The van der Waals surface area contributed by atoms with Crippen LogP contribution in [0.15, 0.2) is 95.7 Å². The second-order valence-electron chi connectivity index (χ2n) is 31.3. The van der Waals surface area contributed by atoms with Crippen LogP contribution in [0.3, 0.4) is 0 Å². The molecule has 3 amide bonds. The molecule has 1 saturated heterocycles. The molecule has 0 aromatic rings. The summed E-state index contributed by atoms with van der Waals surface area (Å²) in [4.78, 5) is 80.6. The van der Waals surface area contributed by atoms with Crippen LogP contribution in [0.4, 0.5) is 0 Å². The molecule has 2 rings (SSSR count). The number of fused-ring (bicyclic) bond motifs is 2. The van der Waals surface area contributed by atoms with Crippen molar-refractivity contribution in [1.82, 2.24) is 16.0 Å². The molecule has 0 aromatic carbocycles. The van der Waals surface area contributed by atoms with Crippen molar-refractivity contribution in [2.75, 3.05) is 7.11 Å². The Balaban J connectivity index is 2.47. The van der Waals surface area contributed by atoms with Crippen LogP contribution in [0.25, 0.3) is 0 Å². The van der Waals surface area contributed by atoms with Gasteiger partial charge < -0.3 is 86.3 Å². The first-order chi connectivity index (χ1) is 47.3. The number of allylic oxidation sites excluding steroid dienone is 7. The van der Waals surface area contributed by atoms with Gasteiger partial charge in [0, 0.05) is 54.1 Å². The number of hydrogen-bond acceptors (Lipinski definition) is 19.